The van der Waals surface area contributed by atoms with Crippen LogP contribution in [0.5, 0.6) is 0 Å². The Morgan fingerprint density at radius 2 is 1.31 bits per heavy atom. The molecule has 70 valence electrons. The van der Waals surface area contributed by atoms with Gasteiger partial charge in [0.15, 0.2) is 0 Å². The van der Waals surface area contributed by atoms with Crippen molar-refractivity contribution in [2.24, 2.45) is 0 Å². The van der Waals surface area contributed by atoms with Gasteiger partial charge in [-0.15, -0.1) is 0 Å². The van der Waals surface area contributed by atoms with Crippen LogP contribution in [0.1, 0.15) is 13.8 Å². The van der Waals surface area contributed by atoms with Crippen molar-refractivity contribution in [2.45, 2.75) is 13.8 Å². The summed E-state index contributed by atoms with van der Waals surface area (Å²) >= 11 is -3.73. The molecular weight excluding hydrogens is 766 g/mol. The standard InChI is InChI=1S/2C2H4O2.2O.3Pb/c2*1-2(3)4;;;;;/h2*1H3,(H,3,4);;;;;/q;;;;;;+2/p-2. The zero-order valence-corrected chi connectivity index (χ0v) is 18.6. The van der Waals surface area contributed by atoms with Gasteiger partial charge < -0.3 is 0 Å². The van der Waals surface area contributed by atoms with Crippen molar-refractivity contribution in [1.29, 1.82) is 0 Å². The second kappa shape index (κ2) is 6.99. The molecule has 13 heavy (non-hydrogen) atoms. The monoisotopic (exact) mass is 774 g/mol. The van der Waals surface area contributed by atoms with E-state index in [1.807, 2.05) is 0 Å². The fourth-order valence-corrected chi connectivity index (χ4v) is 23.8. The summed E-state index contributed by atoms with van der Waals surface area (Å²) in [6, 6.07) is 0. The number of carbonyl (C=O) groups excluding carboxylic acids is 2. The minimum atomic E-state index is -4.34. The Kier molecular flexibility index (Phi) is 7.87. The molecule has 0 saturated carbocycles. The molecular formula is C4H6O6Pb3. The Hall–Kier alpha value is 1.63. The quantitative estimate of drug-likeness (QED) is 0.334. The Labute approximate surface area is 116 Å². The van der Waals surface area contributed by atoms with Gasteiger partial charge in [0.25, 0.3) is 0 Å². The zero-order chi connectivity index (χ0) is 10.5. The Bertz CT molecular complexity index is 184. The number of rotatable bonds is 4. The topological polar surface area (TPSA) is 71.1 Å². The molecule has 0 fully saturated rings. The van der Waals surface area contributed by atoms with Crippen molar-refractivity contribution in [3.8, 4) is 0 Å². The van der Waals surface area contributed by atoms with Crippen LogP contribution in [-0.4, -0.2) is 87.4 Å². The van der Waals surface area contributed by atoms with Crippen LogP contribution in [0.3, 0.4) is 0 Å². The van der Waals surface area contributed by atoms with E-state index in [-0.39, 0.29) is 0 Å². The van der Waals surface area contributed by atoms with Gasteiger partial charge in [0.1, 0.15) is 0 Å². The van der Waals surface area contributed by atoms with Crippen LogP contribution in [0.15, 0.2) is 0 Å². The molecule has 0 atom stereocenters. The molecule has 0 spiro atoms. The minimum absolute atomic E-state index is 0.308. The van der Waals surface area contributed by atoms with Gasteiger partial charge in [-0.1, -0.05) is 0 Å². The molecule has 0 amide bonds. The summed E-state index contributed by atoms with van der Waals surface area (Å²) in [7, 11) is 0. The van der Waals surface area contributed by atoms with E-state index in [4.69, 9.17) is 6.65 Å². The summed E-state index contributed by atoms with van der Waals surface area (Å²) < 4.78 is 19.6. The van der Waals surface area contributed by atoms with Crippen molar-refractivity contribution >= 4 is 87.4 Å². The van der Waals surface area contributed by atoms with Crippen molar-refractivity contribution in [1.82, 2.24) is 0 Å². The van der Waals surface area contributed by atoms with Gasteiger partial charge in [-0.25, -0.2) is 0 Å². The van der Waals surface area contributed by atoms with E-state index in [2.05, 4.69) is 0 Å². The van der Waals surface area contributed by atoms with E-state index in [9.17, 15) is 9.59 Å². The fraction of sp³-hybridized carbons (Fsp3) is 0.500. The molecule has 0 aliphatic carbocycles. The van der Waals surface area contributed by atoms with Crippen LogP contribution < -0.4 is 0 Å². The molecule has 6 nitrogen and oxygen atoms in total. The third-order valence-electron chi connectivity index (χ3n) is 0.787. The Morgan fingerprint density at radius 3 is 1.46 bits per heavy atom. The number of hydrogen-bond donors (Lipinski definition) is 0. The second-order valence-electron chi connectivity index (χ2n) is 1.89. The van der Waals surface area contributed by atoms with E-state index in [0.29, 0.717) is 52.4 Å². The van der Waals surface area contributed by atoms with Gasteiger partial charge in [-0.3, -0.25) is 0 Å². The first-order valence-corrected chi connectivity index (χ1v) is 12.6. The van der Waals surface area contributed by atoms with E-state index in [1.54, 1.807) is 0 Å². The van der Waals surface area contributed by atoms with E-state index in [1.165, 1.54) is 13.8 Å². The molecule has 0 aromatic heterocycles. The second-order valence-corrected chi connectivity index (χ2v) is 22.9. The van der Waals surface area contributed by atoms with Crippen molar-refractivity contribution in [2.75, 3.05) is 0 Å². The normalized spacial score (nSPS) is 10.8. The third kappa shape index (κ3) is 5.93. The number of hydrogen-bond acceptors (Lipinski definition) is 6. The van der Waals surface area contributed by atoms with Gasteiger partial charge in [0, 0.05) is 0 Å². The third-order valence-corrected chi connectivity index (χ3v) is 24.0. The van der Waals surface area contributed by atoms with Crippen LogP contribution in [-0.2, 0) is 16.2 Å². The number of carbonyl (C=O) groups is 2. The van der Waals surface area contributed by atoms with E-state index in [0.717, 1.165) is 0 Å². The molecule has 0 saturated heterocycles. The molecule has 0 N–H and O–H groups in total. The summed E-state index contributed by atoms with van der Waals surface area (Å²) in [5.74, 6) is -1.09. The molecule has 0 aromatic carbocycles. The fourth-order valence-electron chi connectivity index (χ4n) is 0.477. The predicted octanol–water partition coefficient (Wildman–Crippen LogP) is -1.25. The summed E-state index contributed by atoms with van der Waals surface area (Å²) in [6.07, 6.45) is 0. The van der Waals surface area contributed by atoms with E-state index < -0.39 is 34.9 Å². The maximum atomic E-state index is 10.7. The first-order chi connectivity index (χ1) is 5.95. The van der Waals surface area contributed by atoms with Crippen LogP contribution >= 0.6 is 0 Å². The molecule has 0 heterocycles. The summed E-state index contributed by atoms with van der Waals surface area (Å²) in [6.45, 7) is 2.44. The molecule has 0 aliphatic heterocycles. The molecule has 0 rings (SSSR count). The average molecular weight is 772 g/mol. The SMILES string of the molecule is CC(=O)[O][Pb]([O][Pb])([O][Pb])[O]C(C)=O. The zero-order valence-electron chi connectivity index (χ0n) is 6.95. The Morgan fingerprint density at radius 1 is 1.00 bits per heavy atom. The molecule has 6 radical (unpaired) electrons. The van der Waals surface area contributed by atoms with E-state index >= 15 is 0 Å². The van der Waals surface area contributed by atoms with Gasteiger partial charge >= 0.3 is 117 Å². The summed E-state index contributed by atoms with van der Waals surface area (Å²) in [4.78, 5) is 21.3. The van der Waals surface area contributed by atoms with Crippen LogP contribution in [0, 0.1) is 0 Å². The van der Waals surface area contributed by atoms with Crippen molar-refractivity contribution in [3.05, 3.63) is 0 Å². The molecule has 9 heteroatoms. The van der Waals surface area contributed by atoms with Gasteiger partial charge in [0.2, 0.25) is 0 Å². The average Bonchev–Trinajstić information content (AvgIpc) is 2.01. The van der Waals surface area contributed by atoms with Crippen LogP contribution in [0.2, 0.25) is 0 Å². The molecule has 0 aromatic rings. The van der Waals surface area contributed by atoms with Crippen LogP contribution in [0.4, 0.5) is 0 Å². The van der Waals surface area contributed by atoms with Crippen molar-refractivity contribution in [3.63, 3.8) is 0 Å². The molecule has 0 unspecified atom stereocenters. The first kappa shape index (κ1) is 14.6. The van der Waals surface area contributed by atoms with Gasteiger partial charge in [-0.05, 0) is 0 Å². The predicted molar refractivity (Wildman–Crippen MR) is 43.0 cm³/mol. The summed E-state index contributed by atoms with van der Waals surface area (Å²) in [5, 5.41) is 0. The first-order valence-electron chi connectivity index (χ1n) is 3.04. The maximum absolute atomic E-state index is 10.7. The van der Waals surface area contributed by atoms with Crippen molar-refractivity contribution < 1.29 is 16.2 Å². The Balaban J connectivity index is 4.48. The van der Waals surface area contributed by atoms with Gasteiger partial charge in [-0.2, -0.15) is 0 Å². The summed E-state index contributed by atoms with van der Waals surface area (Å²) in [5.41, 5.74) is 0. The van der Waals surface area contributed by atoms with Crippen LogP contribution in [0.25, 0.3) is 0 Å². The molecule has 0 bridgehead atoms. The van der Waals surface area contributed by atoms with Gasteiger partial charge in [0.05, 0.1) is 0 Å². The molecule has 0 aliphatic rings.